The quantitative estimate of drug-likeness (QED) is 0.771. The molecule has 0 amide bonds. The van der Waals surface area contributed by atoms with E-state index >= 15 is 0 Å². The first-order chi connectivity index (χ1) is 13.1. The van der Waals surface area contributed by atoms with Crippen molar-refractivity contribution in [1.82, 2.24) is 0 Å². The summed E-state index contributed by atoms with van der Waals surface area (Å²) in [5, 5.41) is 0. The fraction of sp³-hybridized carbons (Fsp3) is 0.400. The lowest BCUT2D eigenvalue weighted by Crippen LogP contribution is -2.37. The fourth-order valence-electron chi connectivity index (χ4n) is 3.59. The van der Waals surface area contributed by atoms with Crippen LogP contribution < -0.4 is 9.03 Å². The van der Waals surface area contributed by atoms with Crippen molar-refractivity contribution in [1.29, 1.82) is 0 Å². The summed E-state index contributed by atoms with van der Waals surface area (Å²) in [6.07, 6.45) is 1.98. The molecule has 1 heterocycles. The van der Waals surface area contributed by atoms with E-state index in [1.165, 1.54) is 4.31 Å². The lowest BCUT2D eigenvalue weighted by Gasteiger charge is -2.30. The van der Waals surface area contributed by atoms with Gasteiger partial charge in [-0.05, 0) is 68.5 Å². The highest BCUT2D eigenvalue weighted by molar-refractivity contribution is 7.93. The minimum Gasteiger partial charge on any atom is -0.280 e. The standard InChI is InChI=1S/C20H26N2O4S2/c1-4-12-27(23,24)22-11-5-6-17-14-18(8-9-19(17)22)21-28(25,26)20-10-7-15(2)13-16(20)3/h7-10,13-14,21H,4-6,11-12H2,1-3H3. The van der Waals surface area contributed by atoms with Gasteiger partial charge in [-0.15, -0.1) is 0 Å². The Labute approximate surface area is 167 Å². The van der Waals surface area contributed by atoms with Gasteiger partial charge in [0, 0.05) is 12.2 Å². The van der Waals surface area contributed by atoms with Crippen molar-refractivity contribution in [2.45, 2.75) is 44.9 Å². The number of hydrogen-bond acceptors (Lipinski definition) is 4. The van der Waals surface area contributed by atoms with Crippen LogP contribution in [0.2, 0.25) is 0 Å². The first-order valence-electron chi connectivity index (χ1n) is 9.37. The van der Waals surface area contributed by atoms with Crippen molar-refractivity contribution < 1.29 is 16.8 Å². The zero-order valence-corrected chi connectivity index (χ0v) is 18.0. The molecule has 0 radical (unpaired) electrons. The molecule has 0 saturated carbocycles. The molecular formula is C20H26N2O4S2. The van der Waals surface area contributed by atoms with Crippen molar-refractivity contribution in [3.8, 4) is 0 Å². The molecule has 1 N–H and O–H groups in total. The van der Waals surface area contributed by atoms with Gasteiger partial charge in [-0.3, -0.25) is 9.03 Å². The fourth-order valence-corrected chi connectivity index (χ4v) is 6.49. The van der Waals surface area contributed by atoms with Crippen molar-refractivity contribution in [3.63, 3.8) is 0 Å². The summed E-state index contributed by atoms with van der Waals surface area (Å²) in [4.78, 5) is 0.239. The molecule has 1 aliphatic heterocycles. The van der Waals surface area contributed by atoms with Gasteiger partial charge in [0.1, 0.15) is 0 Å². The Morgan fingerprint density at radius 2 is 1.79 bits per heavy atom. The molecule has 2 aromatic rings. The van der Waals surface area contributed by atoms with Gasteiger partial charge >= 0.3 is 0 Å². The molecule has 3 rings (SSSR count). The van der Waals surface area contributed by atoms with Gasteiger partial charge in [0.25, 0.3) is 10.0 Å². The summed E-state index contributed by atoms with van der Waals surface area (Å²) < 4.78 is 54.7. The van der Waals surface area contributed by atoms with Crippen molar-refractivity contribution in [3.05, 3.63) is 53.1 Å². The summed E-state index contributed by atoms with van der Waals surface area (Å²) >= 11 is 0. The minimum absolute atomic E-state index is 0.105. The summed E-state index contributed by atoms with van der Waals surface area (Å²) in [5.74, 6) is 0.105. The monoisotopic (exact) mass is 422 g/mol. The van der Waals surface area contributed by atoms with Gasteiger partial charge in [-0.2, -0.15) is 0 Å². The summed E-state index contributed by atoms with van der Waals surface area (Å²) in [5.41, 5.74) is 3.61. The summed E-state index contributed by atoms with van der Waals surface area (Å²) in [6, 6.07) is 10.3. The number of benzene rings is 2. The van der Waals surface area contributed by atoms with E-state index in [0.717, 1.165) is 11.1 Å². The summed E-state index contributed by atoms with van der Waals surface area (Å²) in [6.45, 7) is 5.99. The maximum atomic E-state index is 12.8. The second-order valence-corrected chi connectivity index (χ2v) is 10.9. The second kappa shape index (κ2) is 7.75. The van der Waals surface area contributed by atoms with Crippen LogP contribution in [0.25, 0.3) is 0 Å². The SMILES string of the molecule is CCCS(=O)(=O)N1CCCc2cc(NS(=O)(=O)c3ccc(C)cc3C)ccc21. The molecule has 0 bridgehead atoms. The Balaban J connectivity index is 1.92. The molecule has 0 atom stereocenters. The largest absolute Gasteiger partial charge is 0.280 e. The maximum Gasteiger partial charge on any atom is 0.262 e. The predicted molar refractivity (Wildman–Crippen MR) is 113 cm³/mol. The molecular weight excluding hydrogens is 396 g/mol. The van der Waals surface area contributed by atoms with Crippen LogP contribution in [-0.4, -0.2) is 29.1 Å². The predicted octanol–water partition coefficient (Wildman–Crippen LogP) is 3.60. The van der Waals surface area contributed by atoms with Crippen molar-refractivity contribution in [2.24, 2.45) is 0 Å². The number of nitrogens with zero attached hydrogens (tertiary/aromatic N) is 1. The molecule has 0 spiro atoms. The molecule has 152 valence electrons. The molecule has 0 saturated heterocycles. The van der Waals surface area contributed by atoms with Gasteiger partial charge in [-0.25, -0.2) is 16.8 Å². The minimum atomic E-state index is -3.72. The topological polar surface area (TPSA) is 83.6 Å². The average Bonchev–Trinajstić information content (AvgIpc) is 2.60. The Morgan fingerprint density at radius 3 is 2.46 bits per heavy atom. The van der Waals surface area contributed by atoms with Gasteiger partial charge in [-0.1, -0.05) is 24.6 Å². The van der Waals surface area contributed by atoms with Crippen LogP contribution in [0.3, 0.4) is 0 Å². The number of sulfonamides is 2. The Hall–Kier alpha value is -2.06. The van der Waals surface area contributed by atoms with Crippen LogP contribution in [0.5, 0.6) is 0 Å². The van der Waals surface area contributed by atoms with Crippen LogP contribution in [0, 0.1) is 13.8 Å². The zero-order chi connectivity index (χ0) is 20.5. The van der Waals surface area contributed by atoms with Crippen LogP contribution in [0.1, 0.15) is 36.5 Å². The third-order valence-electron chi connectivity index (χ3n) is 4.83. The smallest absolute Gasteiger partial charge is 0.262 e. The summed E-state index contributed by atoms with van der Waals surface area (Å²) in [7, 11) is -7.07. The third-order valence-corrected chi connectivity index (χ3v) is 8.34. The van der Waals surface area contributed by atoms with E-state index in [2.05, 4.69) is 4.72 Å². The Morgan fingerprint density at radius 1 is 1.04 bits per heavy atom. The van der Waals surface area contributed by atoms with Crippen LogP contribution in [-0.2, 0) is 26.5 Å². The van der Waals surface area contributed by atoms with E-state index in [4.69, 9.17) is 0 Å². The van der Waals surface area contributed by atoms with Gasteiger partial charge in [0.05, 0.1) is 16.3 Å². The first-order valence-corrected chi connectivity index (χ1v) is 12.5. The number of aryl methyl sites for hydroxylation is 3. The second-order valence-electron chi connectivity index (χ2n) is 7.21. The van der Waals surface area contributed by atoms with Gasteiger partial charge in [0.15, 0.2) is 0 Å². The molecule has 0 unspecified atom stereocenters. The number of rotatable bonds is 6. The van der Waals surface area contributed by atoms with Gasteiger partial charge < -0.3 is 0 Å². The third kappa shape index (κ3) is 4.17. The molecule has 6 nitrogen and oxygen atoms in total. The highest BCUT2D eigenvalue weighted by atomic mass is 32.2. The van der Waals surface area contributed by atoms with E-state index in [1.807, 2.05) is 19.9 Å². The maximum absolute atomic E-state index is 12.8. The highest BCUT2D eigenvalue weighted by Crippen LogP contribution is 2.32. The van der Waals surface area contributed by atoms with E-state index in [9.17, 15) is 16.8 Å². The number of fused-ring (bicyclic) bond motifs is 1. The molecule has 0 aromatic heterocycles. The van der Waals surface area contributed by atoms with E-state index in [0.29, 0.717) is 42.7 Å². The molecule has 0 aliphatic carbocycles. The average molecular weight is 423 g/mol. The number of nitrogens with one attached hydrogen (secondary N) is 1. The normalized spacial score (nSPS) is 14.6. The highest BCUT2D eigenvalue weighted by Gasteiger charge is 2.27. The molecule has 1 aliphatic rings. The molecule has 28 heavy (non-hydrogen) atoms. The van der Waals surface area contributed by atoms with Crippen molar-refractivity contribution >= 4 is 31.4 Å². The van der Waals surface area contributed by atoms with Gasteiger partial charge in [0.2, 0.25) is 10.0 Å². The molecule has 2 aromatic carbocycles. The number of anilines is 2. The zero-order valence-electron chi connectivity index (χ0n) is 16.4. The first kappa shape index (κ1) is 20.7. The van der Waals surface area contributed by atoms with E-state index in [1.54, 1.807) is 37.3 Å². The van der Waals surface area contributed by atoms with Crippen LogP contribution in [0.4, 0.5) is 11.4 Å². The lowest BCUT2D eigenvalue weighted by atomic mass is 10.0. The Kier molecular flexibility index (Phi) is 5.72. The van der Waals surface area contributed by atoms with Crippen molar-refractivity contribution in [2.75, 3.05) is 21.3 Å². The van der Waals surface area contributed by atoms with E-state index < -0.39 is 20.0 Å². The lowest BCUT2D eigenvalue weighted by molar-refractivity contribution is 0.585. The molecule has 0 fully saturated rings. The van der Waals surface area contributed by atoms with E-state index in [-0.39, 0.29) is 10.6 Å². The van der Waals surface area contributed by atoms with Crippen LogP contribution >= 0.6 is 0 Å². The van der Waals surface area contributed by atoms with Crippen LogP contribution in [0.15, 0.2) is 41.3 Å². The number of hydrogen-bond donors (Lipinski definition) is 1. The molecule has 8 heteroatoms. The Bertz CT molecular complexity index is 1090.